The fourth-order valence-electron chi connectivity index (χ4n) is 3.33. The maximum atomic E-state index is 9.80. The molecule has 21 heavy (non-hydrogen) atoms. The molecular weight excluding hydrogens is 256 g/mol. The van der Waals surface area contributed by atoms with E-state index in [1.54, 1.807) is 0 Å². The van der Waals surface area contributed by atoms with Gasteiger partial charge in [-0.25, -0.2) is 0 Å². The van der Waals surface area contributed by atoms with Crippen molar-refractivity contribution in [2.75, 3.05) is 6.61 Å². The molecule has 0 spiro atoms. The van der Waals surface area contributed by atoms with E-state index in [2.05, 4.69) is 36.4 Å². The molecule has 2 rings (SSSR count). The zero-order chi connectivity index (χ0) is 14.8. The van der Waals surface area contributed by atoms with Crippen molar-refractivity contribution in [2.24, 2.45) is 5.92 Å². The molecule has 1 fully saturated rings. The summed E-state index contributed by atoms with van der Waals surface area (Å²) in [5, 5.41) is 9.80. The quantitative estimate of drug-likeness (QED) is 0.751. The standard InChI is InChI=1S/C20H30O/c21-17-20-15-11-6-4-2-1-3-5-10-14-19(20)16-18-12-8-7-9-13-18/h7-9,12-13,16,20-21H,1-6,10-11,14-15,17H2. The summed E-state index contributed by atoms with van der Waals surface area (Å²) in [7, 11) is 0. The van der Waals surface area contributed by atoms with Gasteiger partial charge in [0.05, 0.1) is 0 Å². The van der Waals surface area contributed by atoms with Gasteiger partial charge in [0, 0.05) is 12.5 Å². The van der Waals surface area contributed by atoms with Crippen LogP contribution >= 0.6 is 0 Å². The van der Waals surface area contributed by atoms with Gasteiger partial charge in [-0.05, 0) is 24.8 Å². The fraction of sp³-hybridized carbons (Fsp3) is 0.600. The Hall–Kier alpha value is -1.08. The molecule has 1 atom stereocenters. The highest BCUT2D eigenvalue weighted by molar-refractivity contribution is 5.53. The number of hydrogen-bond acceptors (Lipinski definition) is 1. The van der Waals surface area contributed by atoms with Crippen LogP contribution in [0.1, 0.15) is 69.8 Å². The van der Waals surface area contributed by atoms with Crippen LogP contribution in [0, 0.1) is 5.92 Å². The lowest BCUT2D eigenvalue weighted by molar-refractivity contribution is 0.233. The summed E-state index contributed by atoms with van der Waals surface area (Å²) in [4.78, 5) is 0. The summed E-state index contributed by atoms with van der Waals surface area (Å²) < 4.78 is 0. The Labute approximate surface area is 130 Å². The topological polar surface area (TPSA) is 20.2 Å². The largest absolute Gasteiger partial charge is 0.396 e. The van der Waals surface area contributed by atoms with Gasteiger partial charge in [-0.1, -0.05) is 86.9 Å². The second kappa shape index (κ2) is 9.78. The van der Waals surface area contributed by atoms with Gasteiger partial charge in [0.2, 0.25) is 0 Å². The molecule has 1 heteroatoms. The van der Waals surface area contributed by atoms with Gasteiger partial charge in [-0.2, -0.15) is 0 Å². The van der Waals surface area contributed by atoms with E-state index in [1.807, 2.05) is 0 Å². The smallest absolute Gasteiger partial charge is 0.0496 e. The SMILES string of the molecule is OCC1CCCCCCCCCCC1=Cc1ccccc1. The van der Waals surface area contributed by atoms with Crippen LogP contribution in [0.15, 0.2) is 35.9 Å². The maximum Gasteiger partial charge on any atom is 0.0496 e. The van der Waals surface area contributed by atoms with Crippen LogP contribution in [0.5, 0.6) is 0 Å². The summed E-state index contributed by atoms with van der Waals surface area (Å²) in [6, 6.07) is 10.6. The molecule has 0 aliphatic heterocycles. The summed E-state index contributed by atoms with van der Waals surface area (Å²) in [6.45, 7) is 0.304. The number of rotatable bonds is 2. The van der Waals surface area contributed by atoms with E-state index in [9.17, 15) is 5.11 Å². The van der Waals surface area contributed by atoms with E-state index in [1.165, 1.54) is 62.5 Å². The van der Waals surface area contributed by atoms with Crippen molar-refractivity contribution >= 4 is 6.08 Å². The molecule has 0 amide bonds. The van der Waals surface area contributed by atoms with Crippen molar-refractivity contribution < 1.29 is 5.11 Å². The van der Waals surface area contributed by atoms with E-state index < -0.39 is 0 Å². The first-order chi connectivity index (χ1) is 10.4. The van der Waals surface area contributed by atoms with E-state index in [0.717, 1.165) is 12.8 Å². The molecule has 0 bridgehead atoms. The van der Waals surface area contributed by atoms with E-state index >= 15 is 0 Å². The third kappa shape index (κ3) is 6.05. The van der Waals surface area contributed by atoms with Gasteiger partial charge in [-0.15, -0.1) is 0 Å². The zero-order valence-electron chi connectivity index (χ0n) is 13.3. The van der Waals surface area contributed by atoms with Crippen LogP contribution in [0.2, 0.25) is 0 Å². The lowest BCUT2D eigenvalue weighted by Crippen LogP contribution is -2.10. The minimum Gasteiger partial charge on any atom is -0.396 e. The van der Waals surface area contributed by atoms with Crippen LogP contribution in [-0.4, -0.2) is 11.7 Å². The van der Waals surface area contributed by atoms with Crippen molar-refractivity contribution in [1.29, 1.82) is 0 Å². The summed E-state index contributed by atoms with van der Waals surface area (Å²) >= 11 is 0. The Morgan fingerprint density at radius 1 is 0.857 bits per heavy atom. The number of hydrogen-bond donors (Lipinski definition) is 1. The molecule has 1 saturated carbocycles. The predicted octanol–water partition coefficient (Wildman–Crippen LogP) is 5.59. The molecule has 0 radical (unpaired) electrons. The van der Waals surface area contributed by atoms with Crippen LogP contribution in [0.4, 0.5) is 0 Å². The minimum atomic E-state index is 0.304. The fourth-order valence-corrected chi connectivity index (χ4v) is 3.33. The zero-order valence-corrected chi connectivity index (χ0v) is 13.3. The second-order valence-electron chi connectivity index (χ2n) is 6.38. The Morgan fingerprint density at radius 3 is 2.14 bits per heavy atom. The predicted molar refractivity (Wildman–Crippen MR) is 91.2 cm³/mol. The Kier molecular flexibility index (Phi) is 7.59. The van der Waals surface area contributed by atoms with Gasteiger partial charge in [0.15, 0.2) is 0 Å². The first-order valence-corrected chi connectivity index (χ1v) is 8.76. The van der Waals surface area contributed by atoms with Gasteiger partial charge in [0.25, 0.3) is 0 Å². The highest BCUT2D eigenvalue weighted by Gasteiger charge is 2.14. The van der Waals surface area contributed by atoms with Gasteiger partial charge in [0.1, 0.15) is 0 Å². The van der Waals surface area contributed by atoms with Crippen molar-refractivity contribution in [2.45, 2.75) is 64.2 Å². The number of benzene rings is 1. The van der Waals surface area contributed by atoms with Gasteiger partial charge in [-0.3, -0.25) is 0 Å². The Morgan fingerprint density at radius 2 is 1.48 bits per heavy atom. The van der Waals surface area contributed by atoms with Gasteiger partial charge < -0.3 is 5.11 Å². The lowest BCUT2D eigenvalue weighted by atomic mass is 9.87. The highest BCUT2D eigenvalue weighted by atomic mass is 16.3. The van der Waals surface area contributed by atoms with Crippen molar-refractivity contribution in [1.82, 2.24) is 0 Å². The molecule has 116 valence electrons. The highest BCUT2D eigenvalue weighted by Crippen LogP contribution is 2.27. The number of aliphatic hydroxyl groups is 1. The molecule has 1 aliphatic carbocycles. The molecule has 0 heterocycles. The molecule has 1 nitrogen and oxygen atoms in total. The molecule has 1 aliphatic rings. The first kappa shape index (κ1) is 16.3. The second-order valence-corrected chi connectivity index (χ2v) is 6.38. The molecule has 1 unspecified atom stereocenters. The molecule has 1 aromatic carbocycles. The van der Waals surface area contributed by atoms with E-state index in [0.29, 0.717) is 12.5 Å². The first-order valence-electron chi connectivity index (χ1n) is 8.76. The van der Waals surface area contributed by atoms with Crippen LogP contribution < -0.4 is 0 Å². The van der Waals surface area contributed by atoms with Crippen LogP contribution in [0.25, 0.3) is 6.08 Å². The van der Waals surface area contributed by atoms with Crippen molar-refractivity contribution in [3.63, 3.8) is 0 Å². The molecule has 0 saturated heterocycles. The Balaban J connectivity index is 2.08. The average Bonchev–Trinajstić information content (AvgIpc) is 2.51. The summed E-state index contributed by atoms with van der Waals surface area (Å²) in [5.74, 6) is 0.365. The minimum absolute atomic E-state index is 0.304. The van der Waals surface area contributed by atoms with Crippen molar-refractivity contribution in [3.8, 4) is 0 Å². The Bertz CT molecular complexity index is 407. The summed E-state index contributed by atoms with van der Waals surface area (Å²) in [5.41, 5.74) is 2.74. The van der Waals surface area contributed by atoms with E-state index in [4.69, 9.17) is 0 Å². The van der Waals surface area contributed by atoms with Crippen LogP contribution in [-0.2, 0) is 0 Å². The third-order valence-corrected chi connectivity index (χ3v) is 4.66. The van der Waals surface area contributed by atoms with E-state index in [-0.39, 0.29) is 0 Å². The lowest BCUT2D eigenvalue weighted by Gasteiger charge is -2.20. The molecule has 1 N–H and O–H groups in total. The molecular formula is C20H30O. The average molecular weight is 286 g/mol. The monoisotopic (exact) mass is 286 g/mol. The van der Waals surface area contributed by atoms with Crippen molar-refractivity contribution in [3.05, 3.63) is 41.5 Å². The van der Waals surface area contributed by atoms with Gasteiger partial charge >= 0.3 is 0 Å². The molecule has 1 aromatic rings. The molecule has 0 aromatic heterocycles. The third-order valence-electron chi connectivity index (χ3n) is 4.66. The maximum absolute atomic E-state index is 9.80. The summed E-state index contributed by atoms with van der Waals surface area (Å²) in [6.07, 6.45) is 15.4. The number of aliphatic hydroxyl groups excluding tert-OH is 1. The van der Waals surface area contributed by atoms with Crippen LogP contribution in [0.3, 0.4) is 0 Å². The normalized spacial score (nSPS) is 24.2.